The molecule has 2 rings (SSSR count). The molecule has 3 amide bonds. The number of rotatable bonds is 3. The Labute approximate surface area is 112 Å². The van der Waals surface area contributed by atoms with Crippen molar-refractivity contribution in [3.8, 4) is 0 Å². The fourth-order valence-corrected chi connectivity index (χ4v) is 1.92. The lowest BCUT2D eigenvalue weighted by atomic mass is 10.3. The minimum atomic E-state index is -0.494. The lowest BCUT2D eigenvalue weighted by molar-refractivity contribution is -0.121. The largest absolute Gasteiger partial charge is 0.325 e. The standard InChI is InChI=1S/C13H18N4O2/c18-12(10-17-8-6-14-7-9-17)16-13(19)15-11-4-2-1-3-5-11/h1-5,14H,6-10H2,(H2,15,16,18,19). The van der Waals surface area contributed by atoms with Gasteiger partial charge in [0.1, 0.15) is 0 Å². The Kier molecular flexibility index (Phi) is 4.88. The Morgan fingerprint density at radius 3 is 2.53 bits per heavy atom. The molecule has 0 unspecified atom stereocenters. The first kappa shape index (κ1) is 13.5. The van der Waals surface area contributed by atoms with Crippen molar-refractivity contribution in [2.45, 2.75) is 0 Å². The Hall–Kier alpha value is -1.92. The maximum absolute atomic E-state index is 11.7. The summed E-state index contributed by atoms with van der Waals surface area (Å²) in [5.41, 5.74) is 0.662. The van der Waals surface area contributed by atoms with Crippen LogP contribution in [0.5, 0.6) is 0 Å². The lowest BCUT2D eigenvalue weighted by Gasteiger charge is -2.26. The average molecular weight is 262 g/mol. The van der Waals surface area contributed by atoms with Gasteiger partial charge in [-0.3, -0.25) is 15.0 Å². The summed E-state index contributed by atoms with van der Waals surface area (Å²) in [5.74, 6) is -0.282. The molecular weight excluding hydrogens is 244 g/mol. The molecule has 1 fully saturated rings. The second-order valence-corrected chi connectivity index (χ2v) is 4.39. The molecule has 0 saturated carbocycles. The number of anilines is 1. The summed E-state index contributed by atoms with van der Waals surface area (Å²) in [6, 6.07) is 8.53. The topological polar surface area (TPSA) is 73.5 Å². The van der Waals surface area contributed by atoms with E-state index in [4.69, 9.17) is 0 Å². The van der Waals surface area contributed by atoms with Crippen molar-refractivity contribution < 1.29 is 9.59 Å². The van der Waals surface area contributed by atoms with Gasteiger partial charge in [-0.2, -0.15) is 0 Å². The summed E-state index contributed by atoms with van der Waals surface area (Å²) in [4.78, 5) is 25.3. The van der Waals surface area contributed by atoms with Gasteiger partial charge < -0.3 is 10.6 Å². The third-order valence-corrected chi connectivity index (χ3v) is 2.86. The number of nitrogens with zero attached hydrogens (tertiary/aromatic N) is 1. The lowest BCUT2D eigenvalue weighted by Crippen LogP contribution is -2.48. The SMILES string of the molecule is O=C(CN1CCNCC1)NC(=O)Nc1ccccc1. The third kappa shape index (κ3) is 4.69. The van der Waals surface area contributed by atoms with E-state index in [9.17, 15) is 9.59 Å². The number of hydrogen-bond acceptors (Lipinski definition) is 4. The normalized spacial score (nSPS) is 15.8. The van der Waals surface area contributed by atoms with E-state index in [1.165, 1.54) is 0 Å². The second kappa shape index (κ2) is 6.86. The highest BCUT2D eigenvalue weighted by Crippen LogP contribution is 2.04. The molecular formula is C13H18N4O2. The molecule has 0 bridgehead atoms. The van der Waals surface area contributed by atoms with Crippen LogP contribution in [0.1, 0.15) is 0 Å². The first-order valence-corrected chi connectivity index (χ1v) is 6.33. The van der Waals surface area contributed by atoms with Crippen LogP contribution in [-0.2, 0) is 4.79 Å². The Balaban J connectivity index is 1.74. The molecule has 0 aromatic heterocycles. The van der Waals surface area contributed by atoms with Gasteiger partial charge in [0.05, 0.1) is 6.54 Å². The van der Waals surface area contributed by atoms with E-state index in [0.717, 1.165) is 26.2 Å². The molecule has 0 atom stereocenters. The summed E-state index contributed by atoms with van der Waals surface area (Å²) < 4.78 is 0. The zero-order valence-corrected chi connectivity index (χ0v) is 10.7. The Morgan fingerprint density at radius 1 is 1.16 bits per heavy atom. The van der Waals surface area contributed by atoms with E-state index in [0.29, 0.717) is 5.69 Å². The third-order valence-electron chi connectivity index (χ3n) is 2.86. The second-order valence-electron chi connectivity index (χ2n) is 4.39. The highest BCUT2D eigenvalue weighted by molar-refractivity contribution is 6.01. The highest BCUT2D eigenvalue weighted by Gasteiger charge is 2.15. The molecule has 0 aliphatic carbocycles. The maximum Gasteiger partial charge on any atom is 0.325 e. The first-order chi connectivity index (χ1) is 9.24. The minimum Gasteiger partial charge on any atom is -0.314 e. The molecule has 1 aliphatic rings. The van der Waals surface area contributed by atoms with E-state index < -0.39 is 6.03 Å². The van der Waals surface area contributed by atoms with Gasteiger partial charge in [0, 0.05) is 31.9 Å². The van der Waals surface area contributed by atoms with Gasteiger partial charge in [0.15, 0.2) is 0 Å². The van der Waals surface area contributed by atoms with Crippen LogP contribution in [0.2, 0.25) is 0 Å². The molecule has 6 nitrogen and oxygen atoms in total. The predicted molar refractivity (Wildman–Crippen MR) is 72.9 cm³/mol. The van der Waals surface area contributed by atoms with Crippen LogP contribution >= 0.6 is 0 Å². The fraction of sp³-hybridized carbons (Fsp3) is 0.385. The highest BCUT2D eigenvalue weighted by atomic mass is 16.2. The Bertz CT molecular complexity index is 430. The van der Waals surface area contributed by atoms with E-state index in [1.54, 1.807) is 12.1 Å². The number of carbonyl (C=O) groups is 2. The number of imide groups is 1. The molecule has 102 valence electrons. The average Bonchev–Trinajstić information content (AvgIpc) is 2.40. The predicted octanol–water partition coefficient (Wildman–Crippen LogP) is 0.240. The van der Waals surface area contributed by atoms with Crippen molar-refractivity contribution >= 4 is 17.6 Å². The fourth-order valence-electron chi connectivity index (χ4n) is 1.92. The zero-order valence-electron chi connectivity index (χ0n) is 10.7. The van der Waals surface area contributed by atoms with E-state index in [-0.39, 0.29) is 12.5 Å². The summed E-state index contributed by atoms with van der Waals surface area (Å²) in [7, 11) is 0. The smallest absolute Gasteiger partial charge is 0.314 e. The van der Waals surface area contributed by atoms with Crippen molar-refractivity contribution in [1.82, 2.24) is 15.5 Å². The van der Waals surface area contributed by atoms with Gasteiger partial charge in [0.2, 0.25) is 5.91 Å². The zero-order chi connectivity index (χ0) is 13.5. The number of para-hydroxylation sites is 1. The summed E-state index contributed by atoms with van der Waals surface area (Å²) >= 11 is 0. The molecule has 1 aliphatic heterocycles. The van der Waals surface area contributed by atoms with Gasteiger partial charge in [-0.25, -0.2) is 4.79 Å². The molecule has 1 aromatic rings. The van der Waals surface area contributed by atoms with E-state index >= 15 is 0 Å². The van der Waals surface area contributed by atoms with Crippen molar-refractivity contribution in [2.75, 3.05) is 38.0 Å². The van der Waals surface area contributed by atoms with E-state index in [2.05, 4.69) is 16.0 Å². The number of piperazine rings is 1. The van der Waals surface area contributed by atoms with Gasteiger partial charge >= 0.3 is 6.03 Å². The van der Waals surface area contributed by atoms with Gasteiger partial charge in [-0.1, -0.05) is 18.2 Å². The number of carbonyl (C=O) groups excluding carboxylic acids is 2. The molecule has 19 heavy (non-hydrogen) atoms. The van der Waals surface area contributed by atoms with Gasteiger partial charge in [-0.15, -0.1) is 0 Å². The number of benzene rings is 1. The van der Waals surface area contributed by atoms with Crippen LogP contribution < -0.4 is 16.0 Å². The number of urea groups is 1. The summed E-state index contributed by atoms with van der Waals surface area (Å²) in [6.45, 7) is 3.67. The van der Waals surface area contributed by atoms with Crippen LogP contribution in [0.25, 0.3) is 0 Å². The molecule has 0 radical (unpaired) electrons. The molecule has 3 N–H and O–H groups in total. The first-order valence-electron chi connectivity index (χ1n) is 6.33. The minimum absolute atomic E-state index is 0.254. The molecule has 1 heterocycles. The van der Waals surface area contributed by atoms with Crippen molar-refractivity contribution in [1.29, 1.82) is 0 Å². The van der Waals surface area contributed by atoms with Gasteiger partial charge in [-0.05, 0) is 12.1 Å². The number of nitrogens with one attached hydrogen (secondary N) is 3. The number of hydrogen-bond donors (Lipinski definition) is 3. The van der Waals surface area contributed by atoms with Crippen LogP contribution in [0, 0.1) is 0 Å². The summed E-state index contributed by atoms with van der Waals surface area (Å²) in [5, 5.41) is 8.14. The van der Waals surface area contributed by atoms with Crippen molar-refractivity contribution in [2.24, 2.45) is 0 Å². The van der Waals surface area contributed by atoms with Crippen molar-refractivity contribution in [3.05, 3.63) is 30.3 Å². The van der Waals surface area contributed by atoms with Crippen LogP contribution in [0.4, 0.5) is 10.5 Å². The maximum atomic E-state index is 11.7. The van der Waals surface area contributed by atoms with Crippen LogP contribution in [-0.4, -0.2) is 49.6 Å². The van der Waals surface area contributed by atoms with Gasteiger partial charge in [0.25, 0.3) is 0 Å². The van der Waals surface area contributed by atoms with Crippen LogP contribution in [0.15, 0.2) is 30.3 Å². The van der Waals surface area contributed by atoms with E-state index in [1.807, 2.05) is 23.1 Å². The summed E-state index contributed by atoms with van der Waals surface area (Å²) in [6.07, 6.45) is 0. The molecule has 1 saturated heterocycles. The quantitative estimate of drug-likeness (QED) is 0.729. The molecule has 1 aromatic carbocycles. The monoisotopic (exact) mass is 262 g/mol. The molecule has 0 spiro atoms. The molecule has 6 heteroatoms. The van der Waals surface area contributed by atoms with Crippen LogP contribution in [0.3, 0.4) is 0 Å². The van der Waals surface area contributed by atoms with Crippen molar-refractivity contribution in [3.63, 3.8) is 0 Å². The Morgan fingerprint density at radius 2 is 1.84 bits per heavy atom. The number of amides is 3.